The molecule has 0 aliphatic rings. The fraction of sp³-hybridized carbons (Fsp3) is 0.250. The second-order valence-electron chi connectivity index (χ2n) is 5.99. The van der Waals surface area contributed by atoms with Gasteiger partial charge in [0, 0.05) is 13.3 Å². The van der Waals surface area contributed by atoms with Gasteiger partial charge in [-0.05, 0) is 15.3 Å². The van der Waals surface area contributed by atoms with Crippen LogP contribution in [0.3, 0.4) is 0 Å². The summed E-state index contributed by atoms with van der Waals surface area (Å²) in [5, 5.41) is 9.42. The van der Waals surface area contributed by atoms with Gasteiger partial charge in [-0.2, -0.15) is 0 Å². The molecule has 0 saturated heterocycles. The highest BCUT2D eigenvalue weighted by Crippen LogP contribution is 2.34. The summed E-state index contributed by atoms with van der Waals surface area (Å²) in [5.41, 5.74) is 0.932. The van der Waals surface area contributed by atoms with Gasteiger partial charge in [0.05, 0.1) is 7.92 Å². The van der Waals surface area contributed by atoms with Crippen molar-refractivity contribution in [3.05, 3.63) is 60.7 Å². The molecule has 0 unspecified atom stereocenters. The number of hydrogen-bond donors (Lipinski definition) is 1. The Bertz CT molecular complexity index is 811. The van der Waals surface area contributed by atoms with E-state index >= 15 is 0 Å². The molecule has 6 heteroatoms. The van der Waals surface area contributed by atoms with Crippen molar-refractivity contribution in [2.24, 2.45) is 0 Å². The SMILES string of the molecule is CCCC[n+]1noc(NC(C)=O)c1P(c1ccccc1)c1ccccc1. The second-order valence-corrected chi connectivity index (χ2v) is 8.12. The molecule has 0 bridgehead atoms. The quantitative estimate of drug-likeness (QED) is 0.515. The lowest BCUT2D eigenvalue weighted by Gasteiger charge is -2.14. The lowest BCUT2D eigenvalue weighted by atomic mass is 10.3. The third-order valence-electron chi connectivity index (χ3n) is 3.93. The summed E-state index contributed by atoms with van der Waals surface area (Å²) in [7, 11) is -0.906. The van der Waals surface area contributed by atoms with Crippen molar-refractivity contribution in [1.82, 2.24) is 5.27 Å². The van der Waals surface area contributed by atoms with Crippen molar-refractivity contribution in [3.8, 4) is 0 Å². The Balaban J connectivity index is 2.16. The highest BCUT2D eigenvalue weighted by Gasteiger charge is 2.35. The van der Waals surface area contributed by atoms with Crippen LogP contribution in [-0.4, -0.2) is 11.2 Å². The maximum Gasteiger partial charge on any atom is 0.310 e. The topological polar surface area (TPSA) is 59.0 Å². The lowest BCUT2D eigenvalue weighted by Crippen LogP contribution is -2.51. The Morgan fingerprint density at radius 1 is 1.08 bits per heavy atom. The van der Waals surface area contributed by atoms with Crippen LogP contribution in [0.25, 0.3) is 0 Å². The predicted octanol–water partition coefficient (Wildman–Crippen LogP) is 2.48. The second kappa shape index (κ2) is 8.72. The van der Waals surface area contributed by atoms with Crippen molar-refractivity contribution in [1.29, 1.82) is 0 Å². The molecular weight excluding hydrogens is 345 g/mol. The average molecular weight is 368 g/mol. The number of aryl methyl sites for hydroxylation is 1. The fourth-order valence-electron chi connectivity index (χ4n) is 2.74. The molecule has 0 aliphatic carbocycles. The normalized spacial score (nSPS) is 10.9. The minimum absolute atomic E-state index is 0.166. The summed E-state index contributed by atoms with van der Waals surface area (Å²) in [5.74, 6) is 0.272. The first-order valence-electron chi connectivity index (χ1n) is 8.78. The smallest absolute Gasteiger partial charge is 0.289 e. The van der Waals surface area contributed by atoms with Gasteiger partial charge in [-0.25, -0.2) is 0 Å². The average Bonchev–Trinajstić information content (AvgIpc) is 3.04. The lowest BCUT2D eigenvalue weighted by molar-refractivity contribution is -0.747. The summed E-state index contributed by atoms with van der Waals surface area (Å²) in [6.07, 6.45) is 2.06. The Morgan fingerprint density at radius 3 is 2.15 bits per heavy atom. The van der Waals surface area contributed by atoms with Gasteiger partial charge in [0.2, 0.25) is 11.2 Å². The molecular formula is C20H23N3O2P+. The number of nitrogens with one attached hydrogen (secondary N) is 1. The van der Waals surface area contributed by atoms with Crippen LogP contribution in [0, 0.1) is 0 Å². The predicted molar refractivity (Wildman–Crippen MR) is 105 cm³/mol. The van der Waals surface area contributed by atoms with E-state index in [9.17, 15) is 4.79 Å². The maximum atomic E-state index is 11.7. The van der Waals surface area contributed by atoms with E-state index in [1.165, 1.54) is 17.5 Å². The van der Waals surface area contributed by atoms with Gasteiger partial charge in [-0.1, -0.05) is 74.0 Å². The molecule has 0 radical (unpaired) electrons. The first-order valence-corrected chi connectivity index (χ1v) is 10.1. The van der Waals surface area contributed by atoms with Crippen LogP contribution in [0.1, 0.15) is 26.7 Å². The van der Waals surface area contributed by atoms with E-state index in [2.05, 4.69) is 41.8 Å². The zero-order chi connectivity index (χ0) is 18.4. The molecule has 26 heavy (non-hydrogen) atoms. The van der Waals surface area contributed by atoms with Crippen LogP contribution in [-0.2, 0) is 11.3 Å². The van der Waals surface area contributed by atoms with E-state index < -0.39 is 7.92 Å². The van der Waals surface area contributed by atoms with E-state index in [0.29, 0.717) is 5.88 Å². The summed E-state index contributed by atoms with van der Waals surface area (Å²) in [6.45, 7) is 4.38. The van der Waals surface area contributed by atoms with E-state index in [4.69, 9.17) is 4.52 Å². The Hall–Kier alpha value is -2.52. The molecule has 3 rings (SSSR count). The summed E-state index contributed by atoms with van der Waals surface area (Å²) in [6, 6.07) is 20.6. The maximum absolute atomic E-state index is 11.7. The van der Waals surface area contributed by atoms with Crippen LogP contribution in [0.2, 0.25) is 0 Å². The van der Waals surface area contributed by atoms with Crippen LogP contribution >= 0.6 is 7.92 Å². The van der Waals surface area contributed by atoms with Crippen LogP contribution in [0.4, 0.5) is 5.88 Å². The van der Waals surface area contributed by atoms with Gasteiger partial charge >= 0.3 is 11.3 Å². The molecule has 134 valence electrons. The van der Waals surface area contributed by atoms with Gasteiger partial charge in [0.1, 0.15) is 0 Å². The number of unbranched alkanes of at least 4 members (excludes halogenated alkanes) is 1. The van der Waals surface area contributed by atoms with Gasteiger partial charge in [-0.3, -0.25) is 14.6 Å². The van der Waals surface area contributed by atoms with Crippen molar-refractivity contribution in [3.63, 3.8) is 0 Å². The Labute approximate surface area is 154 Å². The Kier molecular flexibility index (Phi) is 6.13. The third-order valence-corrected chi connectivity index (χ3v) is 6.42. The summed E-state index contributed by atoms with van der Waals surface area (Å²) >= 11 is 0. The van der Waals surface area contributed by atoms with Crippen molar-refractivity contribution in [2.45, 2.75) is 33.2 Å². The van der Waals surface area contributed by atoms with Gasteiger partial charge in [0.25, 0.3) is 0 Å². The zero-order valence-electron chi connectivity index (χ0n) is 15.1. The van der Waals surface area contributed by atoms with Crippen LogP contribution in [0.15, 0.2) is 65.2 Å². The molecule has 0 spiro atoms. The summed E-state index contributed by atoms with van der Waals surface area (Å²) < 4.78 is 7.43. The number of amides is 1. The molecule has 3 aromatic rings. The highest BCUT2D eigenvalue weighted by atomic mass is 31.1. The van der Waals surface area contributed by atoms with Crippen molar-refractivity contribution < 1.29 is 14.0 Å². The third kappa shape index (κ3) is 4.17. The molecule has 0 aliphatic heterocycles. The molecule has 0 fully saturated rings. The number of carbonyl (C=O) groups is 1. The zero-order valence-corrected chi connectivity index (χ0v) is 15.9. The van der Waals surface area contributed by atoms with Gasteiger partial charge in [-0.15, -0.1) is 0 Å². The monoisotopic (exact) mass is 368 g/mol. The van der Waals surface area contributed by atoms with Gasteiger partial charge in [0.15, 0.2) is 6.54 Å². The van der Waals surface area contributed by atoms with Crippen LogP contribution in [0.5, 0.6) is 0 Å². The largest absolute Gasteiger partial charge is 0.310 e. The Morgan fingerprint density at radius 2 is 1.65 bits per heavy atom. The number of nitrogens with zero attached hydrogens (tertiary/aromatic N) is 2. The van der Waals surface area contributed by atoms with E-state index in [0.717, 1.165) is 24.8 Å². The first kappa shape index (κ1) is 18.3. The van der Waals surface area contributed by atoms with Gasteiger partial charge < -0.3 is 0 Å². The van der Waals surface area contributed by atoms with Crippen molar-refractivity contribution >= 4 is 35.8 Å². The van der Waals surface area contributed by atoms with E-state index in [1.807, 2.05) is 41.1 Å². The first-order chi connectivity index (χ1) is 12.7. The molecule has 2 aromatic carbocycles. The highest BCUT2D eigenvalue weighted by molar-refractivity contribution is 7.79. The number of aromatic nitrogens is 2. The molecule has 1 amide bonds. The molecule has 1 aromatic heterocycles. The minimum atomic E-state index is -0.906. The number of rotatable bonds is 7. The molecule has 0 atom stereocenters. The number of anilines is 1. The molecule has 5 nitrogen and oxygen atoms in total. The number of benzene rings is 2. The number of hydrogen-bond acceptors (Lipinski definition) is 3. The van der Waals surface area contributed by atoms with E-state index in [-0.39, 0.29) is 5.91 Å². The summed E-state index contributed by atoms with van der Waals surface area (Å²) in [4.78, 5) is 11.7. The molecule has 1 heterocycles. The minimum Gasteiger partial charge on any atom is -0.289 e. The number of carbonyl (C=O) groups excluding carboxylic acids is 1. The molecule has 1 N–H and O–H groups in total. The van der Waals surface area contributed by atoms with E-state index in [1.54, 1.807) is 0 Å². The standard InChI is InChI=1S/C20H22N3O2P/c1-3-4-15-23-20(19(25-22-23)21-16(2)24)26(17-11-7-5-8-12-17)18-13-9-6-10-14-18/h5-14H,3-4,15H2,1-2H3/p+1. The molecule has 0 saturated carbocycles. The fourth-order valence-corrected chi connectivity index (χ4v) is 5.14. The van der Waals surface area contributed by atoms with Crippen molar-refractivity contribution in [2.75, 3.05) is 5.32 Å². The van der Waals surface area contributed by atoms with Crippen LogP contribution < -0.4 is 26.0 Å².